The number of oxazole rings is 1. The van der Waals surface area contributed by atoms with Crippen molar-refractivity contribution in [2.45, 2.75) is 0 Å². The van der Waals surface area contributed by atoms with Crippen LogP contribution in [-0.2, 0) is 0 Å². The summed E-state index contributed by atoms with van der Waals surface area (Å²) in [4.78, 5) is 3.97. The standard InChI is InChI=1S/C8H7FN2O/c1-10-8-11-6-4-5(9)2-3-7(6)12-8/h2-4H,1H3,(H,10,11). The summed E-state index contributed by atoms with van der Waals surface area (Å²) in [5, 5.41) is 2.74. The molecule has 4 heteroatoms. The molecule has 1 heterocycles. The highest BCUT2D eigenvalue weighted by molar-refractivity contribution is 5.74. The lowest BCUT2D eigenvalue weighted by atomic mass is 10.3. The molecule has 12 heavy (non-hydrogen) atoms. The van der Waals surface area contributed by atoms with E-state index in [9.17, 15) is 4.39 Å². The molecule has 1 N–H and O–H groups in total. The van der Waals surface area contributed by atoms with Gasteiger partial charge in [-0.05, 0) is 12.1 Å². The second-order valence-corrected chi connectivity index (χ2v) is 2.38. The van der Waals surface area contributed by atoms with Gasteiger partial charge in [0, 0.05) is 13.1 Å². The summed E-state index contributed by atoms with van der Waals surface area (Å²) in [5.74, 6) is -0.307. The maximum absolute atomic E-state index is 12.6. The predicted molar refractivity (Wildman–Crippen MR) is 43.5 cm³/mol. The third kappa shape index (κ3) is 1.01. The number of nitrogens with zero attached hydrogens (tertiary/aromatic N) is 1. The summed E-state index contributed by atoms with van der Waals surface area (Å²) >= 11 is 0. The van der Waals surface area contributed by atoms with Crippen molar-refractivity contribution >= 4 is 17.1 Å². The van der Waals surface area contributed by atoms with Gasteiger partial charge in [-0.25, -0.2) is 4.39 Å². The molecule has 0 spiro atoms. The first-order valence-electron chi connectivity index (χ1n) is 3.53. The van der Waals surface area contributed by atoms with E-state index in [2.05, 4.69) is 10.3 Å². The molecule has 62 valence electrons. The zero-order valence-electron chi connectivity index (χ0n) is 6.47. The van der Waals surface area contributed by atoms with E-state index in [1.807, 2.05) is 0 Å². The van der Waals surface area contributed by atoms with Crippen LogP contribution in [0.2, 0.25) is 0 Å². The number of hydrogen-bond acceptors (Lipinski definition) is 3. The Morgan fingerprint density at radius 1 is 1.50 bits per heavy atom. The van der Waals surface area contributed by atoms with Crippen molar-refractivity contribution in [2.24, 2.45) is 0 Å². The van der Waals surface area contributed by atoms with Gasteiger partial charge in [0.25, 0.3) is 6.01 Å². The average molecular weight is 166 g/mol. The Balaban J connectivity index is 2.67. The lowest BCUT2D eigenvalue weighted by molar-refractivity contribution is 0.614. The van der Waals surface area contributed by atoms with Crippen LogP contribution in [0.3, 0.4) is 0 Å². The molecule has 0 radical (unpaired) electrons. The Hall–Kier alpha value is -1.58. The van der Waals surface area contributed by atoms with Crippen LogP contribution in [0.1, 0.15) is 0 Å². The van der Waals surface area contributed by atoms with Gasteiger partial charge in [-0.1, -0.05) is 0 Å². The Bertz CT molecular complexity index is 410. The Morgan fingerprint density at radius 2 is 2.33 bits per heavy atom. The van der Waals surface area contributed by atoms with Crippen LogP contribution < -0.4 is 5.32 Å². The van der Waals surface area contributed by atoms with E-state index in [1.165, 1.54) is 12.1 Å². The van der Waals surface area contributed by atoms with Gasteiger partial charge in [0.1, 0.15) is 11.3 Å². The van der Waals surface area contributed by atoms with E-state index in [-0.39, 0.29) is 5.82 Å². The number of nitrogens with one attached hydrogen (secondary N) is 1. The van der Waals surface area contributed by atoms with Crippen molar-refractivity contribution in [3.8, 4) is 0 Å². The minimum Gasteiger partial charge on any atom is -0.424 e. The SMILES string of the molecule is CNc1nc2cc(F)ccc2o1. The maximum atomic E-state index is 12.6. The molecule has 0 saturated heterocycles. The fourth-order valence-electron chi connectivity index (χ4n) is 1.01. The summed E-state index contributed by atoms with van der Waals surface area (Å²) in [5.41, 5.74) is 1.11. The molecule has 0 unspecified atom stereocenters. The Morgan fingerprint density at radius 3 is 3.08 bits per heavy atom. The number of aromatic nitrogens is 1. The normalized spacial score (nSPS) is 10.5. The van der Waals surface area contributed by atoms with Crippen LogP contribution in [0.15, 0.2) is 22.6 Å². The maximum Gasteiger partial charge on any atom is 0.295 e. The highest BCUT2D eigenvalue weighted by atomic mass is 19.1. The molecule has 2 rings (SSSR count). The van der Waals surface area contributed by atoms with Gasteiger partial charge >= 0.3 is 0 Å². The van der Waals surface area contributed by atoms with Crippen molar-refractivity contribution in [1.82, 2.24) is 4.98 Å². The molecule has 0 saturated carbocycles. The summed E-state index contributed by atoms with van der Waals surface area (Å²) in [7, 11) is 1.70. The quantitative estimate of drug-likeness (QED) is 0.704. The first kappa shape index (κ1) is 7.09. The van der Waals surface area contributed by atoms with Gasteiger partial charge in [-0.3, -0.25) is 0 Å². The van der Waals surface area contributed by atoms with E-state index in [0.29, 0.717) is 17.1 Å². The van der Waals surface area contributed by atoms with Gasteiger partial charge in [0.15, 0.2) is 5.58 Å². The van der Waals surface area contributed by atoms with Gasteiger partial charge in [-0.2, -0.15) is 4.98 Å². The molecular weight excluding hydrogens is 159 g/mol. The molecule has 0 aliphatic rings. The van der Waals surface area contributed by atoms with Crippen molar-refractivity contribution in [3.05, 3.63) is 24.0 Å². The van der Waals surface area contributed by atoms with Crippen LogP contribution >= 0.6 is 0 Å². The van der Waals surface area contributed by atoms with E-state index in [4.69, 9.17) is 4.42 Å². The van der Waals surface area contributed by atoms with Crippen molar-refractivity contribution in [3.63, 3.8) is 0 Å². The second-order valence-electron chi connectivity index (χ2n) is 2.38. The molecule has 2 aromatic rings. The number of anilines is 1. The van der Waals surface area contributed by atoms with Crippen LogP contribution in [0.25, 0.3) is 11.1 Å². The fourth-order valence-corrected chi connectivity index (χ4v) is 1.01. The van der Waals surface area contributed by atoms with Gasteiger partial charge in [0.05, 0.1) is 0 Å². The van der Waals surface area contributed by atoms with Crippen LogP contribution in [-0.4, -0.2) is 12.0 Å². The summed E-state index contributed by atoms with van der Waals surface area (Å²) in [6.07, 6.45) is 0. The number of rotatable bonds is 1. The first-order chi connectivity index (χ1) is 5.79. The highest BCUT2D eigenvalue weighted by Gasteiger charge is 2.03. The molecule has 0 bridgehead atoms. The molecule has 0 fully saturated rings. The van der Waals surface area contributed by atoms with Crippen LogP contribution in [0.4, 0.5) is 10.4 Å². The number of fused-ring (bicyclic) bond motifs is 1. The number of hydrogen-bond donors (Lipinski definition) is 1. The topological polar surface area (TPSA) is 38.1 Å². The van der Waals surface area contributed by atoms with E-state index in [0.717, 1.165) is 0 Å². The van der Waals surface area contributed by atoms with Crippen molar-refractivity contribution in [2.75, 3.05) is 12.4 Å². The van der Waals surface area contributed by atoms with Gasteiger partial charge < -0.3 is 9.73 Å². The van der Waals surface area contributed by atoms with Crippen molar-refractivity contribution < 1.29 is 8.81 Å². The number of halogens is 1. The van der Waals surface area contributed by atoms with Gasteiger partial charge in [0.2, 0.25) is 0 Å². The molecule has 0 aliphatic carbocycles. The molecule has 0 atom stereocenters. The Kier molecular flexibility index (Phi) is 1.46. The molecule has 1 aromatic heterocycles. The molecule has 0 amide bonds. The highest BCUT2D eigenvalue weighted by Crippen LogP contribution is 2.18. The predicted octanol–water partition coefficient (Wildman–Crippen LogP) is 2.01. The molecule has 3 nitrogen and oxygen atoms in total. The lowest BCUT2D eigenvalue weighted by Crippen LogP contribution is -1.85. The third-order valence-electron chi connectivity index (χ3n) is 1.56. The fraction of sp³-hybridized carbons (Fsp3) is 0.125. The summed E-state index contributed by atoms with van der Waals surface area (Å²) in [6, 6.07) is 4.63. The summed E-state index contributed by atoms with van der Waals surface area (Å²) < 4.78 is 17.8. The van der Waals surface area contributed by atoms with E-state index < -0.39 is 0 Å². The molecular formula is C8H7FN2O. The van der Waals surface area contributed by atoms with Crippen molar-refractivity contribution in [1.29, 1.82) is 0 Å². The number of benzene rings is 1. The average Bonchev–Trinajstić information content (AvgIpc) is 2.46. The lowest BCUT2D eigenvalue weighted by Gasteiger charge is -1.85. The molecule has 0 aliphatic heterocycles. The zero-order chi connectivity index (χ0) is 8.55. The zero-order valence-corrected chi connectivity index (χ0v) is 6.47. The smallest absolute Gasteiger partial charge is 0.295 e. The monoisotopic (exact) mass is 166 g/mol. The minimum absolute atomic E-state index is 0.307. The van der Waals surface area contributed by atoms with E-state index >= 15 is 0 Å². The van der Waals surface area contributed by atoms with Crippen LogP contribution in [0, 0.1) is 5.82 Å². The first-order valence-corrected chi connectivity index (χ1v) is 3.53. The van der Waals surface area contributed by atoms with E-state index in [1.54, 1.807) is 13.1 Å². The largest absolute Gasteiger partial charge is 0.424 e. The summed E-state index contributed by atoms with van der Waals surface area (Å²) in [6.45, 7) is 0. The third-order valence-corrected chi connectivity index (χ3v) is 1.56. The minimum atomic E-state index is -0.307. The second kappa shape index (κ2) is 2.48. The van der Waals surface area contributed by atoms with Gasteiger partial charge in [-0.15, -0.1) is 0 Å². The molecule has 1 aromatic carbocycles. The Labute approximate surface area is 68.2 Å². The van der Waals surface area contributed by atoms with Crippen LogP contribution in [0.5, 0.6) is 0 Å².